The average molecular weight is 334 g/mol. The number of carbonyl (C=O) groups is 1. The van der Waals surface area contributed by atoms with Crippen molar-refractivity contribution >= 4 is 11.7 Å². The number of carbonyl (C=O) groups excluding carboxylic acids is 1. The van der Waals surface area contributed by atoms with Crippen molar-refractivity contribution in [1.29, 1.82) is 0 Å². The van der Waals surface area contributed by atoms with E-state index in [9.17, 15) is 4.79 Å². The molecule has 3 rings (SSSR count). The standard InChI is InChI=1S/C17H26N4O3/c1-23-16-15(3-2-6-18-16)19-17(22)21-7-4-14(5-8-21)13-20-9-11-24-12-10-20/h2-3,6,14H,4-5,7-13H2,1H3,(H,19,22). The van der Waals surface area contributed by atoms with Gasteiger partial charge in [0.15, 0.2) is 0 Å². The van der Waals surface area contributed by atoms with E-state index in [0.717, 1.165) is 58.8 Å². The highest BCUT2D eigenvalue weighted by molar-refractivity contribution is 5.90. The van der Waals surface area contributed by atoms with E-state index >= 15 is 0 Å². The van der Waals surface area contributed by atoms with Crippen LogP contribution in [0, 0.1) is 5.92 Å². The van der Waals surface area contributed by atoms with Gasteiger partial charge in [0.2, 0.25) is 5.88 Å². The van der Waals surface area contributed by atoms with Crippen LogP contribution in [-0.4, -0.2) is 73.9 Å². The summed E-state index contributed by atoms with van der Waals surface area (Å²) in [5, 5.41) is 2.90. The van der Waals surface area contributed by atoms with Crippen molar-refractivity contribution in [2.24, 2.45) is 5.92 Å². The summed E-state index contributed by atoms with van der Waals surface area (Å²) in [6.07, 6.45) is 3.75. The van der Waals surface area contributed by atoms with E-state index < -0.39 is 0 Å². The first kappa shape index (κ1) is 17.0. The molecule has 0 radical (unpaired) electrons. The van der Waals surface area contributed by atoms with Gasteiger partial charge >= 0.3 is 6.03 Å². The number of nitrogens with one attached hydrogen (secondary N) is 1. The Balaban J connectivity index is 1.46. The van der Waals surface area contributed by atoms with Crippen LogP contribution in [0.4, 0.5) is 10.5 Å². The average Bonchev–Trinajstić information content (AvgIpc) is 2.63. The van der Waals surface area contributed by atoms with Gasteiger partial charge in [-0.15, -0.1) is 0 Å². The van der Waals surface area contributed by atoms with E-state index in [-0.39, 0.29) is 6.03 Å². The highest BCUT2D eigenvalue weighted by Gasteiger charge is 2.25. The number of amides is 2. The third-order valence-corrected chi connectivity index (χ3v) is 4.73. The van der Waals surface area contributed by atoms with Crippen LogP contribution in [0.1, 0.15) is 12.8 Å². The third-order valence-electron chi connectivity index (χ3n) is 4.73. The second-order valence-electron chi connectivity index (χ2n) is 6.33. The molecule has 0 bridgehead atoms. The predicted octanol–water partition coefficient (Wildman–Crippen LogP) is 1.67. The Morgan fingerprint density at radius 3 is 2.79 bits per heavy atom. The molecule has 132 valence electrons. The summed E-state index contributed by atoms with van der Waals surface area (Å²) in [7, 11) is 1.55. The number of hydrogen-bond acceptors (Lipinski definition) is 5. The number of morpholine rings is 1. The number of pyridine rings is 1. The smallest absolute Gasteiger partial charge is 0.321 e. The summed E-state index contributed by atoms with van der Waals surface area (Å²) < 4.78 is 10.6. The number of aromatic nitrogens is 1. The van der Waals surface area contributed by atoms with Gasteiger partial charge in [-0.05, 0) is 30.9 Å². The second kappa shape index (κ2) is 8.30. The number of ether oxygens (including phenoxy) is 2. The molecule has 1 aromatic rings. The minimum atomic E-state index is -0.0777. The first-order valence-corrected chi connectivity index (χ1v) is 8.61. The van der Waals surface area contributed by atoms with Gasteiger partial charge in [0.25, 0.3) is 0 Å². The van der Waals surface area contributed by atoms with Crippen LogP contribution in [0.3, 0.4) is 0 Å². The zero-order valence-corrected chi connectivity index (χ0v) is 14.2. The van der Waals surface area contributed by atoms with Crippen molar-refractivity contribution in [3.8, 4) is 5.88 Å². The molecule has 0 spiro atoms. The molecule has 0 aliphatic carbocycles. The molecular weight excluding hydrogens is 308 g/mol. The third kappa shape index (κ3) is 4.36. The molecule has 0 aromatic carbocycles. The summed E-state index contributed by atoms with van der Waals surface area (Å²) in [5.41, 5.74) is 0.612. The zero-order chi connectivity index (χ0) is 16.8. The molecule has 0 saturated carbocycles. The van der Waals surface area contributed by atoms with Gasteiger partial charge in [-0.25, -0.2) is 9.78 Å². The lowest BCUT2D eigenvalue weighted by Gasteiger charge is -2.36. The normalized spacial score (nSPS) is 20.0. The maximum atomic E-state index is 12.4. The number of urea groups is 1. The van der Waals surface area contributed by atoms with Crippen molar-refractivity contribution in [3.63, 3.8) is 0 Å². The minimum absolute atomic E-state index is 0.0777. The molecule has 1 N–H and O–H groups in total. The van der Waals surface area contributed by atoms with E-state index in [2.05, 4.69) is 15.2 Å². The number of piperidine rings is 1. The first-order valence-electron chi connectivity index (χ1n) is 8.61. The first-order chi connectivity index (χ1) is 11.8. The van der Waals surface area contributed by atoms with Gasteiger partial charge in [0.05, 0.1) is 20.3 Å². The molecule has 7 heteroatoms. The van der Waals surface area contributed by atoms with Gasteiger partial charge < -0.3 is 19.7 Å². The van der Waals surface area contributed by atoms with Gasteiger partial charge in [0, 0.05) is 38.9 Å². The molecule has 2 aliphatic heterocycles. The fourth-order valence-electron chi connectivity index (χ4n) is 3.31. The number of methoxy groups -OCH3 is 1. The van der Waals surface area contributed by atoms with E-state index in [1.165, 1.54) is 0 Å². The molecule has 1 aromatic heterocycles. The van der Waals surface area contributed by atoms with Crippen LogP contribution in [-0.2, 0) is 4.74 Å². The number of rotatable bonds is 4. The van der Waals surface area contributed by atoms with Crippen molar-refractivity contribution < 1.29 is 14.3 Å². The maximum Gasteiger partial charge on any atom is 0.321 e. The quantitative estimate of drug-likeness (QED) is 0.907. The van der Waals surface area contributed by atoms with Crippen molar-refractivity contribution in [2.45, 2.75) is 12.8 Å². The maximum absolute atomic E-state index is 12.4. The molecule has 2 amide bonds. The molecule has 7 nitrogen and oxygen atoms in total. The number of nitrogens with zero attached hydrogens (tertiary/aromatic N) is 3. The summed E-state index contributed by atoms with van der Waals surface area (Å²) in [6, 6.07) is 3.51. The molecule has 2 aliphatic rings. The van der Waals surface area contributed by atoms with Gasteiger partial charge in [-0.1, -0.05) is 0 Å². The minimum Gasteiger partial charge on any atom is -0.480 e. The van der Waals surface area contributed by atoms with Gasteiger partial charge in [-0.2, -0.15) is 0 Å². The van der Waals surface area contributed by atoms with Crippen LogP contribution >= 0.6 is 0 Å². The fourth-order valence-corrected chi connectivity index (χ4v) is 3.31. The zero-order valence-electron chi connectivity index (χ0n) is 14.2. The van der Waals surface area contributed by atoms with Crippen molar-refractivity contribution in [2.75, 3.05) is 58.4 Å². The van der Waals surface area contributed by atoms with Crippen LogP contribution in [0.2, 0.25) is 0 Å². The van der Waals surface area contributed by atoms with Gasteiger partial charge in [-0.3, -0.25) is 4.90 Å². The van der Waals surface area contributed by atoms with E-state index in [1.54, 1.807) is 25.4 Å². The lowest BCUT2D eigenvalue weighted by atomic mass is 9.96. The Kier molecular flexibility index (Phi) is 5.87. The number of likely N-dealkylation sites (tertiary alicyclic amines) is 1. The summed E-state index contributed by atoms with van der Waals surface area (Å²) in [4.78, 5) is 20.9. The van der Waals surface area contributed by atoms with Crippen LogP contribution < -0.4 is 10.1 Å². The largest absolute Gasteiger partial charge is 0.480 e. The summed E-state index contributed by atoms with van der Waals surface area (Å²) in [5.74, 6) is 1.10. The van der Waals surface area contributed by atoms with Crippen molar-refractivity contribution in [3.05, 3.63) is 18.3 Å². The fraction of sp³-hybridized carbons (Fsp3) is 0.647. The molecule has 0 unspecified atom stereocenters. The SMILES string of the molecule is COc1ncccc1NC(=O)N1CCC(CN2CCOCC2)CC1. The second-order valence-corrected chi connectivity index (χ2v) is 6.33. The Hall–Kier alpha value is -1.86. The molecule has 0 atom stereocenters. The van der Waals surface area contributed by atoms with E-state index in [1.807, 2.05) is 4.90 Å². The summed E-state index contributed by atoms with van der Waals surface area (Å²) in [6.45, 7) is 6.45. The number of hydrogen-bond donors (Lipinski definition) is 1. The van der Waals surface area contributed by atoms with Crippen molar-refractivity contribution in [1.82, 2.24) is 14.8 Å². The Morgan fingerprint density at radius 2 is 2.08 bits per heavy atom. The van der Waals surface area contributed by atoms with E-state index in [0.29, 0.717) is 17.5 Å². The Morgan fingerprint density at radius 1 is 1.33 bits per heavy atom. The molecule has 3 heterocycles. The Labute approximate surface area is 142 Å². The van der Waals surface area contributed by atoms with Crippen LogP contribution in [0.25, 0.3) is 0 Å². The predicted molar refractivity (Wildman–Crippen MR) is 91.4 cm³/mol. The topological polar surface area (TPSA) is 66.9 Å². The Bertz CT molecular complexity index is 540. The van der Waals surface area contributed by atoms with Crippen LogP contribution in [0.15, 0.2) is 18.3 Å². The van der Waals surface area contributed by atoms with Gasteiger partial charge in [0.1, 0.15) is 5.69 Å². The van der Waals surface area contributed by atoms with E-state index in [4.69, 9.17) is 9.47 Å². The lowest BCUT2D eigenvalue weighted by Crippen LogP contribution is -2.45. The number of anilines is 1. The monoisotopic (exact) mass is 334 g/mol. The highest BCUT2D eigenvalue weighted by atomic mass is 16.5. The molecule has 24 heavy (non-hydrogen) atoms. The van der Waals surface area contributed by atoms with Crippen LogP contribution in [0.5, 0.6) is 5.88 Å². The molecule has 2 fully saturated rings. The lowest BCUT2D eigenvalue weighted by molar-refractivity contribution is 0.0260. The highest BCUT2D eigenvalue weighted by Crippen LogP contribution is 2.23. The summed E-state index contributed by atoms with van der Waals surface area (Å²) >= 11 is 0. The molecule has 2 saturated heterocycles. The molecular formula is C17H26N4O3.